The molecular formula is C10H16N2O2S. The number of ether oxygens (including phenoxy) is 1. The van der Waals surface area contributed by atoms with Crippen LogP contribution in [0.2, 0.25) is 0 Å². The van der Waals surface area contributed by atoms with Gasteiger partial charge in [-0.2, -0.15) is 0 Å². The highest BCUT2D eigenvalue weighted by Gasteiger charge is 2.39. The highest BCUT2D eigenvalue weighted by atomic mass is 32.1. The van der Waals surface area contributed by atoms with Crippen molar-refractivity contribution in [2.45, 2.75) is 32.4 Å². The predicted molar refractivity (Wildman–Crippen MR) is 59.8 cm³/mol. The molecule has 0 aliphatic heterocycles. The molecule has 1 heterocycles. The second kappa shape index (κ2) is 4.72. The van der Waals surface area contributed by atoms with Gasteiger partial charge in [0.25, 0.3) is 0 Å². The fourth-order valence-electron chi connectivity index (χ4n) is 1.46. The minimum Gasteiger partial charge on any atom is -0.467 e. The van der Waals surface area contributed by atoms with E-state index >= 15 is 0 Å². The summed E-state index contributed by atoms with van der Waals surface area (Å²) in [6, 6.07) is 0.179. The van der Waals surface area contributed by atoms with Gasteiger partial charge in [0.2, 0.25) is 0 Å². The Morgan fingerprint density at radius 1 is 1.67 bits per heavy atom. The monoisotopic (exact) mass is 228 g/mol. The zero-order valence-corrected chi connectivity index (χ0v) is 10.2. The molecule has 0 spiro atoms. The lowest BCUT2D eigenvalue weighted by molar-refractivity contribution is -0.148. The molecule has 0 radical (unpaired) electrons. The lowest BCUT2D eigenvalue weighted by atomic mass is 10.0. The van der Waals surface area contributed by atoms with E-state index in [0.29, 0.717) is 0 Å². The summed E-state index contributed by atoms with van der Waals surface area (Å²) in [5.41, 5.74) is -0.850. The highest BCUT2D eigenvalue weighted by molar-refractivity contribution is 7.09. The molecule has 1 atom stereocenters. The molecular weight excluding hydrogens is 212 g/mol. The van der Waals surface area contributed by atoms with Crippen molar-refractivity contribution in [1.82, 2.24) is 10.3 Å². The lowest BCUT2D eigenvalue weighted by Crippen LogP contribution is -2.50. The Bertz CT molecular complexity index is 324. The van der Waals surface area contributed by atoms with Gasteiger partial charge in [0.05, 0.1) is 7.11 Å². The van der Waals surface area contributed by atoms with Crippen LogP contribution in [0.5, 0.6) is 0 Å². The average Bonchev–Trinajstić information content (AvgIpc) is 2.68. The number of hydrogen-bond acceptors (Lipinski definition) is 5. The number of carbonyl (C=O) groups excluding carboxylic acids is 1. The normalized spacial score (nSPS) is 15.0. The molecule has 15 heavy (non-hydrogen) atoms. The van der Waals surface area contributed by atoms with Gasteiger partial charge in [-0.3, -0.25) is 5.32 Å². The van der Waals surface area contributed by atoms with Crippen molar-refractivity contribution in [3.05, 3.63) is 16.6 Å². The second-order valence-electron chi connectivity index (χ2n) is 3.75. The van der Waals surface area contributed by atoms with E-state index in [1.54, 1.807) is 13.1 Å². The maximum absolute atomic E-state index is 11.7. The van der Waals surface area contributed by atoms with Crippen molar-refractivity contribution in [1.29, 1.82) is 0 Å². The van der Waals surface area contributed by atoms with Gasteiger partial charge in [0.15, 0.2) is 5.54 Å². The smallest absolute Gasteiger partial charge is 0.332 e. The molecule has 0 saturated heterocycles. The van der Waals surface area contributed by atoms with Crippen molar-refractivity contribution in [2.75, 3.05) is 7.11 Å². The molecule has 1 N–H and O–H groups in total. The van der Waals surface area contributed by atoms with Crippen LogP contribution in [0.3, 0.4) is 0 Å². The molecule has 4 nitrogen and oxygen atoms in total. The van der Waals surface area contributed by atoms with Crippen LogP contribution >= 0.6 is 11.3 Å². The quantitative estimate of drug-likeness (QED) is 0.794. The van der Waals surface area contributed by atoms with E-state index in [1.165, 1.54) is 18.4 Å². The summed E-state index contributed by atoms with van der Waals surface area (Å²) in [5, 5.41) is 5.75. The molecule has 0 bridgehead atoms. The molecule has 0 aliphatic rings. The van der Waals surface area contributed by atoms with Crippen LogP contribution in [-0.2, 0) is 15.1 Å². The number of aromatic nitrogens is 1. The molecule has 5 heteroatoms. The van der Waals surface area contributed by atoms with E-state index in [1.807, 2.05) is 19.2 Å². The molecule has 0 amide bonds. The summed E-state index contributed by atoms with van der Waals surface area (Å²) >= 11 is 1.44. The molecule has 1 unspecified atom stereocenters. The molecule has 0 aromatic carbocycles. The Morgan fingerprint density at radius 2 is 2.33 bits per heavy atom. The maximum atomic E-state index is 11.7. The number of hydrogen-bond donors (Lipinski definition) is 1. The fourth-order valence-corrected chi connectivity index (χ4v) is 2.21. The largest absolute Gasteiger partial charge is 0.467 e. The Hall–Kier alpha value is -0.940. The van der Waals surface area contributed by atoms with Gasteiger partial charge < -0.3 is 4.74 Å². The van der Waals surface area contributed by atoms with E-state index in [-0.39, 0.29) is 12.0 Å². The first kappa shape index (κ1) is 12.1. The summed E-state index contributed by atoms with van der Waals surface area (Å²) in [5.74, 6) is -0.314. The van der Waals surface area contributed by atoms with Crippen LogP contribution in [-0.4, -0.2) is 24.1 Å². The summed E-state index contributed by atoms with van der Waals surface area (Å²) in [6.07, 6.45) is 1.68. The average molecular weight is 228 g/mol. The predicted octanol–water partition coefficient (Wildman–Crippen LogP) is 1.53. The van der Waals surface area contributed by atoms with E-state index < -0.39 is 5.54 Å². The fraction of sp³-hybridized carbons (Fsp3) is 0.600. The van der Waals surface area contributed by atoms with Gasteiger partial charge in [-0.05, 0) is 20.8 Å². The van der Waals surface area contributed by atoms with E-state index in [9.17, 15) is 4.79 Å². The number of methoxy groups -OCH3 is 1. The number of carbonyl (C=O) groups is 1. The summed E-state index contributed by atoms with van der Waals surface area (Å²) < 4.78 is 4.81. The van der Waals surface area contributed by atoms with Gasteiger partial charge in [-0.1, -0.05) is 0 Å². The summed E-state index contributed by atoms with van der Waals surface area (Å²) in [7, 11) is 1.39. The molecule has 0 aliphatic carbocycles. The topological polar surface area (TPSA) is 51.2 Å². The number of rotatable bonds is 4. The van der Waals surface area contributed by atoms with Crippen molar-refractivity contribution in [3.8, 4) is 0 Å². The van der Waals surface area contributed by atoms with E-state index in [2.05, 4.69) is 10.3 Å². The van der Waals surface area contributed by atoms with Crippen molar-refractivity contribution in [3.63, 3.8) is 0 Å². The van der Waals surface area contributed by atoms with Gasteiger partial charge in [-0.25, -0.2) is 9.78 Å². The third-order valence-corrected chi connectivity index (χ3v) is 3.03. The Balaban J connectivity index is 3.01. The third kappa shape index (κ3) is 2.54. The van der Waals surface area contributed by atoms with Crippen LogP contribution in [0.25, 0.3) is 0 Å². The zero-order valence-electron chi connectivity index (χ0n) is 9.40. The SMILES string of the molecule is COC(=O)C(C)(NC(C)C)c1nccs1. The van der Waals surface area contributed by atoms with Crippen molar-refractivity contribution >= 4 is 17.3 Å². The van der Waals surface area contributed by atoms with Crippen molar-refractivity contribution in [2.24, 2.45) is 0 Å². The molecule has 1 aromatic rings. The standard InChI is InChI=1S/C10H16N2O2S/c1-7(2)12-10(3,9(13)14-4)8-11-5-6-15-8/h5-7,12H,1-4H3. The first-order valence-electron chi connectivity index (χ1n) is 4.76. The van der Waals surface area contributed by atoms with Crippen molar-refractivity contribution < 1.29 is 9.53 Å². The highest BCUT2D eigenvalue weighted by Crippen LogP contribution is 2.24. The van der Waals surface area contributed by atoms with Crippen LogP contribution < -0.4 is 5.32 Å². The zero-order chi connectivity index (χ0) is 11.5. The van der Waals surface area contributed by atoms with Gasteiger partial charge in [0, 0.05) is 17.6 Å². The Morgan fingerprint density at radius 3 is 2.73 bits per heavy atom. The Kier molecular flexibility index (Phi) is 3.82. The lowest BCUT2D eigenvalue weighted by Gasteiger charge is -2.27. The Labute approximate surface area is 93.7 Å². The molecule has 0 saturated carbocycles. The first-order valence-corrected chi connectivity index (χ1v) is 5.64. The van der Waals surface area contributed by atoms with Gasteiger partial charge >= 0.3 is 5.97 Å². The van der Waals surface area contributed by atoms with Crippen LogP contribution in [0.4, 0.5) is 0 Å². The second-order valence-corrected chi connectivity index (χ2v) is 4.65. The molecule has 0 fully saturated rings. The molecule has 1 rings (SSSR count). The summed E-state index contributed by atoms with van der Waals surface area (Å²) in [4.78, 5) is 15.9. The van der Waals surface area contributed by atoms with E-state index in [0.717, 1.165) is 5.01 Å². The van der Waals surface area contributed by atoms with E-state index in [4.69, 9.17) is 4.74 Å². The van der Waals surface area contributed by atoms with Crippen LogP contribution in [0, 0.1) is 0 Å². The number of nitrogens with one attached hydrogen (secondary N) is 1. The van der Waals surface area contributed by atoms with Crippen LogP contribution in [0.15, 0.2) is 11.6 Å². The summed E-state index contributed by atoms with van der Waals surface area (Å²) in [6.45, 7) is 5.75. The molecule has 1 aromatic heterocycles. The number of esters is 1. The van der Waals surface area contributed by atoms with Gasteiger partial charge in [0.1, 0.15) is 5.01 Å². The van der Waals surface area contributed by atoms with Gasteiger partial charge in [-0.15, -0.1) is 11.3 Å². The number of nitrogens with zero attached hydrogens (tertiary/aromatic N) is 1. The third-order valence-electron chi connectivity index (χ3n) is 2.03. The minimum absolute atomic E-state index is 0.179. The molecule has 84 valence electrons. The minimum atomic E-state index is -0.850. The number of thiazole rings is 1. The first-order chi connectivity index (χ1) is 7.00. The van der Waals surface area contributed by atoms with Crippen LogP contribution in [0.1, 0.15) is 25.8 Å². The maximum Gasteiger partial charge on any atom is 0.332 e.